The van der Waals surface area contributed by atoms with E-state index >= 15 is 0 Å². The van der Waals surface area contributed by atoms with Gasteiger partial charge in [-0.15, -0.1) is 0 Å². The first kappa shape index (κ1) is 21.7. The molecule has 0 atom stereocenters. The summed E-state index contributed by atoms with van der Waals surface area (Å²) in [5, 5.41) is 12.5. The second kappa shape index (κ2) is 9.94. The van der Waals surface area contributed by atoms with E-state index in [9.17, 15) is 9.90 Å². The molecule has 0 aromatic heterocycles. The molecule has 0 aliphatic rings. The van der Waals surface area contributed by atoms with Gasteiger partial charge < -0.3 is 15.2 Å². The van der Waals surface area contributed by atoms with Gasteiger partial charge in [0.05, 0.1) is 3.57 Å². The molecular weight excluding hydrogens is 449 g/mol. The van der Waals surface area contributed by atoms with Crippen molar-refractivity contribution in [2.24, 2.45) is 0 Å². The van der Waals surface area contributed by atoms with Crippen LogP contribution in [0.25, 0.3) is 0 Å². The third-order valence-electron chi connectivity index (χ3n) is 3.60. The van der Waals surface area contributed by atoms with Crippen molar-refractivity contribution < 1.29 is 24.2 Å². The lowest BCUT2D eigenvalue weighted by Gasteiger charge is -2.14. The Morgan fingerprint density at radius 1 is 1.23 bits per heavy atom. The first-order chi connectivity index (χ1) is 12.2. The number of amides is 1. The molecule has 0 spiro atoms. The van der Waals surface area contributed by atoms with Crippen LogP contribution in [0.4, 0.5) is 0 Å². The molecule has 6 nitrogen and oxygen atoms in total. The van der Waals surface area contributed by atoms with Crippen molar-refractivity contribution in [2.45, 2.75) is 26.7 Å². The van der Waals surface area contributed by atoms with Crippen molar-refractivity contribution in [3.8, 4) is 17.2 Å². The number of phenolic OH excluding ortho intramolecular Hbond substituents is 1. The minimum atomic E-state index is -0.112. The fourth-order valence-corrected chi connectivity index (χ4v) is 2.88. The highest BCUT2D eigenvalue weighted by atomic mass is 127. The molecule has 0 unspecified atom stereocenters. The summed E-state index contributed by atoms with van der Waals surface area (Å²) in [6, 6.07) is 8.89. The number of carbonyl (C=O) groups excluding carboxylic acids is 3. The SMILES string of the molecule is CNC(=O)c1cc(I)c(Oc2ccc(O)c(C(C)C)c2)cc1C.O=C=O. The summed E-state index contributed by atoms with van der Waals surface area (Å²) in [5.74, 6) is 1.72. The third kappa shape index (κ3) is 5.57. The first-order valence-electron chi connectivity index (χ1n) is 7.77. The second-order valence-electron chi connectivity index (χ2n) is 5.74. The minimum absolute atomic E-state index is 0.112. The van der Waals surface area contributed by atoms with Crippen molar-refractivity contribution >= 4 is 34.6 Å². The normalized spacial score (nSPS) is 9.77. The summed E-state index contributed by atoms with van der Waals surface area (Å²) in [6.07, 6.45) is 0.250. The third-order valence-corrected chi connectivity index (χ3v) is 4.44. The lowest BCUT2D eigenvalue weighted by molar-refractivity contribution is -0.191. The maximum absolute atomic E-state index is 11.8. The summed E-state index contributed by atoms with van der Waals surface area (Å²) >= 11 is 2.15. The fraction of sp³-hybridized carbons (Fsp3) is 0.263. The number of aryl methyl sites for hydroxylation is 1. The van der Waals surface area contributed by atoms with Crippen LogP contribution in [-0.4, -0.2) is 24.2 Å². The van der Waals surface area contributed by atoms with Crippen LogP contribution in [0.2, 0.25) is 0 Å². The molecule has 2 N–H and O–H groups in total. The molecule has 0 heterocycles. The van der Waals surface area contributed by atoms with Crippen LogP contribution in [-0.2, 0) is 9.59 Å². The van der Waals surface area contributed by atoms with Crippen LogP contribution in [0, 0.1) is 10.5 Å². The molecule has 0 aliphatic heterocycles. The molecular formula is C19H20INO5. The van der Waals surface area contributed by atoms with Gasteiger partial charge in [0, 0.05) is 18.2 Å². The maximum atomic E-state index is 11.8. The Labute approximate surface area is 165 Å². The number of hydrogen-bond donors (Lipinski definition) is 2. The fourth-order valence-electron chi connectivity index (χ4n) is 2.30. The number of phenols is 1. The highest BCUT2D eigenvalue weighted by Crippen LogP contribution is 2.34. The zero-order valence-electron chi connectivity index (χ0n) is 14.9. The number of aromatic hydroxyl groups is 1. The topological polar surface area (TPSA) is 92.7 Å². The molecule has 1 amide bonds. The molecule has 0 saturated heterocycles. The Kier molecular flexibility index (Phi) is 8.28. The summed E-state index contributed by atoms with van der Waals surface area (Å²) < 4.78 is 6.81. The summed E-state index contributed by atoms with van der Waals surface area (Å²) in [5.41, 5.74) is 2.33. The van der Waals surface area contributed by atoms with Crippen molar-refractivity contribution in [1.82, 2.24) is 5.32 Å². The molecule has 2 rings (SSSR count). The highest BCUT2D eigenvalue weighted by molar-refractivity contribution is 14.1. The van der Waals surface area contributed by atoms with E-state index in [1.54, 1.807) is 19.2 Å². The standard InChI is InChI=1S/C18H20INO3.CO2/c1-10(2)13-8-12(5-6-16(13)21)23-17-7-11(3)14(9-15(17)19)18(22)20-4;2-1-3/h5-10,21H,1-4H3,(H,20,22);. The lowest BCUT2D eigenvalue weighted by Crippen LogP contribution is -2.19. The average molecular weight is 469 g/mol. The second-order valence-corrected chi connectivity index (χ2v) is 6.90. The van der Waals surface area contributed by atoms with Gasteiger partial charge in [-0.3, -0.25) is 4.79 Å². The monoisotopic (exact) mass is 469 g/mol. The quantitative estimate of drug-likeness (QED) is 0.661. The molecule has 138 valence electrons. The van der Waals surface area contributed by atoms with E-state index in [2.05, 4.69) is 27.9 Å². The van der Waals surface area contributed by atoms with Gasteiger partial charge in [0.1, 0.15) is 17.2 Å². The van der Waals surface area contributed by atoms with E-state index < -0.39 is 0 Å². The number of ether oxygens (including phenoxy) is 1. The van der Waals surface area contributed by atoms with Gasteiger partial charge in [0.25, 0.3) is 5.91 Å². The van der Waals surface area contributed by atoms with Gasteiger partial charge in [-0.2, -0.15) is 9.59 Å². The largest absolute Gasteiger partial charge is 0.508 e. The number of nitrogens with one attached hydrogen (secondary N) is 1. The average Bonchev–Trinajstić information content (AvgIpc) is 2.59. The van der Waals surface area contributed by atoms with Crippen LogP contribution in [0.3, 0.4) is 0 Å². The van der Waals surface area contributed by atoms with Crippen molar-refractivity contribution in [1.29, 1.82) is 0 Å². The molecule has 0 bridgehead atoms. The van der Waals surface area contributed by atoms with Gasteiger partial charge in [-0.1, -0.05) is 13.8 Å². The van der Waals surface area contributed by atoms with E-state index in [4.69, 9.17) is 14.3 Å². The van der Waals surface area contributed by atoms with E-state index in [1.165, 1.54) is 0 Å². The summed E-state index contributed by atoms with van der Waals surface area (Å²) in [7, 11) is 1.61. The van der Waals surface area contributed by atoms with Crippen molar-refractivity contribution in [3.63, 3.8) is 0 Å². The predicted octanol–water partition coefficient (Wildman–Crippen LogP) is 4.00. The Balaban J connectivity index is 0.00000105. The molecule has 0 fully saturated rings. The van der Waals surface area contributed by atoms with Crippen molar-refractivity contribution in [3.05, 3.63) is 50.6 Å². The van der Waals surface area contributed by atoms with Gasteiger partial charge in [0.2, 0.25) is 0 Å². The Morgan fingerprint density at radius 2 is 1.85 bits per heavy atom. The molecule has 0 saturated carbocycles. The zero-order chi connectivity index (χ0) is 19.9. The highest BCUT2D eigenvalue weighted by Gasteiger charge is 2.14. The van der Waals surface area contributed by atoms with Gasteiger partial charge in [-0.25, -0.2) is 0 Å². The number of halogens is 1. The molecule has 2 aromatic rings. The van der Waals surface area contributed by atoms with E-state index in [1.807, 2.05) is 39.0 Å². The van der Waals surface area contributed by atoms with Crippen LogP contribution >= 0.6 is 22.6 Å². The first-order valence-corrected chi connectivity index (χ1v) is 8.85. The smallest absolute Gasteiger partial charge is 0.373 e. The number of rotatable bonds is 4. The summed E-state index contributed by atoms with van der Waals surface area (Å²) in [6.45, 7) is 5.92. The lowest BCUT2D eigenvalue weighted by atomic mass is 10.0. The summed E-state index contributed by atoms with van der Waals surface area (Å²) in [4.78, 5) is 28.1. The molecule has 0 aliphatic carbocycles. The van der Waals surface area contributed by atoms with E-state index in [0.717, 1.165) is 14.7 Å². The minimum Gasteiger partial charge on any atom is -0.508 e. The number of hydrogen-bond acceptors (Lipinski definition) is 5. The van der Waals surface area contributed by atoms with Crippen molar-refractivity contribution in [2.75, 3.05) is 7.05 Å². The van der Waals surface area contributed by atoms with E-state index in [0.29, 0.717) is 17.1 Å². The van der Waals surface area contributed by atoms with E-state index in [-0.39, 0.29) is 23.7 Å². The molecule has 26 heavy (non-hydrogen) atoms. The Bertz CT molecular complexity index is 827. The number of carbonyl (C=O) groups is 1. The maximum Gasteiger partial charge on any atom is 0.373 e. The molecule has 7 heteroatoms. The number of benzene rings is 2. The Hall–Kier alpha value is -2.38. The Morgan fingerprint density at radius 3 is 2.38 bits per heavy atom. The molecule has 0 radical (unpaired) electrons. The molecule has 2 aromatic carbocycles. The predicted molar refractivity (Wildman–Crippen MR) is 105 cm³/mol. The van der Waals surface area contributed by atoms with Crippen LogP contribution in [0.15, 0.2) is 30.3 Å². The van der Waals surface area contributed by atoms with Crippen LogP contribution in [0.5, 0.6) is 17.2 Å². The zero-order valence-corrected chi connectivity index (χ0v) is 17.1. The van der Waals surface area contributed by atoms with Gasteiger partial charge in [-0.05, 0) is 71.3 Å². The van der Waals surface area contributed by atoms with Gasteiger partial charge in [0.15, 0.2) is 0 Å². The van der Waals surface area contributed by atoms with Crippen LogP contribution in [0.1, 0.15) is 41.3 Å². The van der Waals surface area contributed by atoms with Crippen LogP contribution < -0.4 is 10.1 Å². The van der Waals surface area contributed by atoms with Gasteiger partial charge >= 0.3 is 6.15 Å².